The van der Waals surface area contributed by atoms with Gasteiger partial charge in [-0.25, -0.2) is 0 Å². The summed E-state index contributed by atoms with van der Waals surface area (Å²) in [7, 11) is 0. The summed E-state index contributed by atoms with van der Waals surface area (Å²) >= 11 is 0. The van der Waals surface area contributed by atoms with Crippen LogP contribution in [-0.2, 0) is 9.53 Å². The molecule has 0 aliphatic rings. The van der Waals surface area contributed by atoms with Crippen LogP contribution in [0.25, 0.3) is 28.2 Å². The maximum atomic E-state index is 12.7. The number of carbonyl (C=O) groups is 1. The van der Waals surface area contributed by atoms with E-state index in [-0.39, 0.29) is 17.1 Å². The lowest BCUT2D eigenvalue weighted by Gasteiger charge is -2.22. The summed E-state index contributed by atoms with van der Waals surface area (Å²) in [4.78, 5) is 15.0. The van der Waals surface area contributed by atoms with E-state index in [9.17, 15) is 10.1 Å². The standard InChI is InChI=1S/C32H41N3O3/c1-7-23(16-17-37-32(4,5)6)22-34-31(36)27(21-33)20-29-14-15-30(38-29)26-11-10-25-19-28(35(8-2)9-3)13-12-24(25)18-26/h10-15,18-20,23H,7-9,16-17,22H2,1-6H3,(H,34,36)/b27-20+. The van der Waals surface area contributed by atoms with Crippen LogP contribution in [0.5, 0.6) is 0 Å². The number of nitrogens with one attached hydrogen (secondary N) is 1. The lowest BCUT2D eigenvalue weighted by atomic mass is 10.0. The molecule has 0 saturated carbocycles. The second kappa shape index (κ2) is 13.3. The average Bonchev–Trinajstić information content (AvgIpc) is 3.37. The Morgan fingerprint density at radius 3 is 2.45 bits per heavy atom. The summed E-state index contributed by atoms with van der Waals surface area (Å²) in [6, 6.07) is 18.4. The predicted molar refractivity (Wildman–Crippen MR) is 156 cm³/mol. The number of fused-ring (bicyclic) bond motifs is 1. The van der Waals surface area contributed by atoms with Gasteiger partial charge in [-0.2, -0.15) is 5.26 Å². The van der Waals surface area contributed by atoms with Crippen molar-refractivity contribution in [1.29, 1.82) is 5.26 Å². The quantitative estimate of drug-likeness (QED) is 0.204. The number of nitriles is 1. The lowest BCUT2D eigenvalue weighted by molar-refractivity contribution is -0.117. The van der Waals surface area contributed by atoms with Gasteiger partial charge in [0.1, 0.15) is 23.2 Å². The zero-order chi connectivity index (χ0) is 27.7. The molecule has 202 valence electrons. The van der Waals surface area contributed by atoms with Crippen molar-refractivity contribution < 1.29 is 13.9 Å². The Morgan fingerprint density at radius 2 is 1.79 bits per heavy atom. The Bertz CT molecular complexity index is 1290. The molecule has 0 bridgehead atoms. The Kier molecular flexibility index (Phi) is 10.2. The van der Waals surface area contributed by atoms with Crippen LogP contribution in [0.4, 0.5) is 5.69 Å². The molecule has 0 radical (unpaired) electrons. The SMILES string of the molecule is CCC(CCOC(C)(C)C)CNC(=O)/C(C#N)=C/c1ccc(-c2ccc3cc(N(CC)CC)ccc3c2)o1. The van der Waals surface area contributed by atoms with E-state index < -0.39 is 5.91 Å². The minimum atomic E-state index is -0.393. The van der Waals surface area contributed by atoms with Gasteiger partial charge in [0, 0.05) is 43.6 Å². The smallest absolute Gasteiger partial charge is 0.262 e. The van der Waals surface area contributed by atoms with Crippen molar-refractivity contribution in [3.63, 3.8) is 0 Å². The van der Waals surface area contributed by atoms with Crippen molar-refractivity contribution in [2.75, 3.05) is 31.1 Å². The number of anilines is 1. The van der Waals surface area contributed by atoms with E-state index >= 15 is 0 Å². The van der Waals surface area contributed by atoms with E-state index in [1.165, 1.54) is 17.1 Å². The Hall–Kier alpha value is -3.56. The van der Waals surface area contributed by atoms with Gasteiger partial charge < -0.3 is 19.4 Å². The van der Waals surface area contributed by atoms with E-state index in [1.807, 2.05) is 39.0 Å². The van der Waals surface area contributed by atoms with Crippen LogP contribution in [0.2, 0.25) is 0 Å². The number of amides is 1. The fraction of sp³-hybridized carbons (Fsp3) is 0.438. The average molecular weight is 516 g/mol. The van der Waals surface area contributed by atoms with E-state index in [0.717, 1.165) is 36.9 Å². The summed E-state index contributed by atoms with van der Waals surface area (Å²) < 4.78 is 11.8. The lowest BCUT2D eigenvalue weighted by Crippen LogP contribution is -2.31. The fourth-order valence-electron chi connectivity index (χ4n) is 4.36. The van der Waals surface area contributed by atoms with Crippen LogP contribution in [0.3, 0.4) is 0 Å². The predicted octanol–water partition coefficient (Wildman–Crippen LogP) is 7.20. The van der Waals surface area contributed by atoms with Crippen LogP contribution in [0.1, 0.15) is 60.1 Å². The third kappa shape index (κ3) is 7.97. The molecule has 1 heterocycles. The minimum Gasteiger partial charge on any atom is -0.457 e. The van der Waals surface area contributed by atoms with Crippen LogP contribution >= 0.6 is 0 Å². The number of nitrogens with zero attached hydrogens (tertiary/aromatic N) is 2. The first kappa shape index (κ1) is 29.0. The highest BCUT2D eigenvalue weighted by Crippen LogP contribution is 2.29. The van der Waals surface area contributed by atoms with E-state index in [0.29, 0.717) is 24.7 Å². The molecule has 2 aromatic carbocycles. The molecule has 1 unspecified atom stereocenters. The minimum absolute atomic E-state index is 0.0223. The molecule has 0 fully saturated rings. The number of ether oxygens (including phenoxy) is 1. The summed E-state index contributed by atoms with van der Waals surface area (Å²) in [6.45, 7) is 15.6. The molecule has 0 aliphatic carbocycles. The Morgan fingerprint density at radius 1 is 1.08 bits per heavy atom. The number of rotatable bonds is 12. The van der Waals surface area contributed by atoms with Crippen LogP contribution in [-0.4, -0.2) is 37.7 Å². The van der Waals surface area contributed by atoms with Crippen LogP contribution in [0.15, 0.2) is 58.5 Å². The number of benzene rings is 2. The number of furan rings is 1. The zero-order valence-corrected chi connectivity index (χ0v) is 23.6. The van der Waals surface area contributed by atoms with E-state index in [1.54, 1.807) is 6.07 Å². The monoisotopic (exact) mass is 515 g/mol. The fourth-order valence-corrected chi connectivity index (χ4v) is 4.36. The molecule has 0 aliphatic heterocycles. The molecular weight excluding hydrogens is 474 g/mol. The number of carbonyl (C=O) groups excluding carboxylic acids is 1. The normalized spacial score (nSPS) is 12.8. The van der Waals surface area contributed by atoms with E-state index in [4.69, 9.17) is 9.15 Å². The van der Waals surface area contributed by atoms with Crippen molar-refractivity contribution in [2.24, 2.45) is 5.92 Å². The van der Waals surface area contributed by atoms with Gasteiger partial charge in [0.25, 0.3) is 5.91 Å². The number of hydrogen-bond acceptors (Lipinski definition) is 5. The first-order valence-corrected chi connectivity index (χ1v) is 13.6. The summed E-state index contributed by atoms with van der Waals surface area (Å²) in [5.74, 6) is 1.05. The molecule has 0 spiro atoms. The molecule has 3 aromatic rings. The summed E-state index contributed by atoms with van der Waals surface area (Å²) in [5, 5.41) is 14.8. The van der Waals surface area contributed by atoms with Crippen molar-refractivity contribution in [1.82, 2.24) is 5.32 Å². The van der Waals surface area contributed by atoms with Crippen molar-refractivity contribution >= 4 is 28.4 Å². The maximum absolute atomic E-state index is 12.7. The van der Waals surface area contributed by atoms with Crippen LogP contribution in [0, 0.1) is 17.2 Å². The summed E-state index contributed by atoms with van der Waals surface area (Å²) in [6.07, 6.45) is 3.27. The van der Waals surface area contributed by atoms with Crippen molar-refractivity contribution in [2.45, 2.75) is 60.0 Å². The van der Waals surface area contributed by atoms with Gasteiger partial charge >= 0.3 is 0 Å². The summed E-state index contributed by atoms with van der Waals surface area (Å²) in [5.41, 5.74) is 2.00. The van der Waals surface area contributed by atoms with Gasteiger partial charge in [0.15, 0.2) is 0 Å². The third-order valence-electron chi connectivity index (χ3n) is 6.71. The van der Waals surface area contributed by atoms with Crippen molar-refractivity contribution in [3.8, 4) is 17.4 Å². The van der Waals surface area contributed by atoms with Gasteiger partial charge in [0.2, 0.25) is 0 Å². The van der Waals surface area contributed by atoms with Gasteiger partial charge in [-0.1, -0.05) is 31.5 Å². The van der Waals surface area contributed by atoms with Gasteiger partial charge in [-0.15, -0.1) is 0 Å². The molecule has 6 heteroatoms. The third-order valence-corrected chi connectivity index (χ3v) is 6.71. The molecule has 1 N–H and O–H groups in total. The zero-order valence-electron chi connectivity index (χ0n) is 23.6. The first-order chi connectivity index (χ1) is 18.2. The Balaban J connectivity index is 1.67. The first-order valence-electron chi connectivity index (χ1n) is 13.6. The van der Waals surface area contributed by atoms with Gasteiger partial charge in [-0.3, -0.25) is 4.79 Å². The molecule has 1 aromatic heterocycles. The second-order valence-corrected chi connectivity index (χ2v) is 10.5. The highest BCUT2D eigenvalue weighted by atomic mass is 16.5. The van der Waals surface area contributed by atoms with Crippen molar-refractivity contribution in [3.05, 3.63) is 59.9 Å². The van der Waals surface area contributed by atoms with E-state index in [2.05, 4.69) is 61.3 Å². The second-order valence-electron chi connectivity index (χ2n) is 10.5. The molecule has 1 atom stereocenters. The van der Waals surface area contributed by atoms with Crippen LogP contribution < -0.4 is 10.2 Å². The van der Waals surface area contributed by atoms with Gasteiger partial charge in [-0.05, 0) is 88.1 Å². The maximum Gasteiger partial charge on any atom is 0.262 e. The molecule has 3 rings (SSSR count). The highest BCUT2D eigenvalue weighted by Gasteiger charge is 2.16. The highest BCUT2D eigenvalue weighted by molar-refractivity contribution is 6.01. The largest absolute Gasteiger partial charge is 0.457 e. The molecule has 1 amide bonds. The topological polar surface area (TPSA) is 78.5 Å². The molecule has 6 nitrogen and oxygen atoms in total. The number of hydrogen-bond donors (Lipinski definition) is 1. The Labute approximate surface area is 227 Å². The molecular formula is C32H41N3O3. The molecule has 38 heavy (non-hydrogen) atoms. The molecule has 0 saturated heterocycles. The van der Waals surface area contributed by atoms with Gasteiger partial charge in [0.05, 0.1) is 5.60 Å².